The van der Waals surface area contributed by atoms with Gasteiger partial charge in [0, 0.05) is 11.1 Å². The highest BCUT2D eigenvalue weighted by Gasteiger charge is 2.34. The molecular formula is C17H10O8. The lowest BCUT2D eigenvalue weighted by atomic mass is 9.88. The van der Waals surface area contributed by atoms with Crippen molar-refractivity contribution in [3.63, 3.8) is 0 Å². The second-order valence-corrected chi connectivity index (χ2v) is 5.05. The minimum atomic E-state index is -0.942. The molecule has 0 N–H and O–H groups in total. The Morgan fingerprint density at radius 2 is 1.72 bits per heavy atom. The number of carbonyl (C=O) groups excluding carboxylic acids is 5. The van der Waals surface area contributed by atoms with Gasteiger partial charge in [-0.2, -0.15) is 0 Å². The molecule has 0 bridgehead atoms. The maximum atomic E-state index is 12.4. The highest BCUT2D eigenvalue weighted by Crippen LogP contribution is 2.29. The van der Waals surface area contributed by atoms with E-state index in [0.717, 1.165) is 6.07 Å². The van der Waals surface area contributed by atoms with Gasteiger partial charge in [-0.15, -0.1) is 0 Å². The molecule has 3 rings (SSSR count). The van der Waals surface area contributed by atoms with Gasteiger partial charge in [0.2, 0.25) is 18.4 Å². The van der Waals surface area contributed by atoms with Crippen LogP contribution in [-0.2, 0) is 19.1 Å². The summed E-state index contributed by atoms with van der Waals surface area (Å²) in [7, 11) is 0. The number of hydrogen-bond donors (Lipinski definition) is 0. The fourth-order valence-electron chi connectivity index (χ4n) is 2.41. The Balaban J connectivity index is 1.82. The standard InChI is InChI=1S/C17H10O8/c18-7-23-8-24-14(20)6-12(19)13-5-11-15(21)9-3-1-2-4-10(9)16(22)17(11)25-13/h1-5,7H,6,8H2. The van der Waals surface area contributed by atoms with E-state index in [-0.39, 0.29) is 34.7 Å². The quantitative estimate of drug-likeness (QED) is 0.164. The van der Waals surface area contributed by atoms with Gasteiger partial charge in [0.15, 0.2) is 17.3 Å². The zero-order valence-electron chi connectivity index (χ0n) is 12.6. The van der Waals surface area contributed by atoms with Gasteiger partial charge in [0.25, 0.3) is 6.47 Å². The fourth-order valence-corrected chi connectivity index (χ4v) is 2.41. The summed E-state index contributed by atoms with van der Waals surface area (Å²) in [4.78, 5) is 58.2. The van der Waals surface area contributed by atoms with Crippen LogP contribution in [0.15, 0.2) is 34.7 Å². The third-order valence-corrected chi connectivity index (χ3v) is 3.53. The molecule has 0 spiro atoms. The molecular weight excluding hydrogens is 332 g/mol. The molecule has 1 aromatic carbocycles. The second kappa shape index (κ2) is 6.52. The van der Waals surface area contributed by atoms with Crippen molar-refractivity contribution < 1.29 is 37.9 Å². The maximum Gasteiger partial charge on any atom is 0.316 e. The maximum absolute atomic E-state index is 12.4. The van der Waals surface area contributed by atoms with Gasteiger partial charge in [-0.05, 0) is 6.07 Å². The molecule has 0 amide bonds. The summed E-state index contributed by atoms with van der Waals surface area (Å²) in [5.41, 5.74) is 0.397. The van der Waals surface area contributed by atoms with Crippen molar-refractivity contribution in [2.24, 2.45) is 0 Å². The molecule has 126 valence electrons. The van der Waals surface area contributed by atoms with Crippen molar-refractivity contribution in [1.29, 1.82) is 0 Å². The lowest BCUT2D eigenvalue weighted by Crippen LogP contribution is -2.18. The third kappa shape index (κ3) is 2.97. The van der Waals surface area contributed by atoms with Gasteiger partial charge < -0.3 is 13.9 Å². The van der Waals surface area contributed by atoms with Crippen LogP contribution < -0.4 is 0 Å². The normalized spacial score (nSPS) is 12.2. The van der Waals surface area contributed by atoms with E-state index in [2.05, 4.69) is 9.47 Å². The molecule has 0 fully saturated rings. The average molecular weight is 342 g/mol. The number of ketones is 3. The molecule has 8 heteroatoms. The van der Waals surface area contributed by atoms with Crippen LogP contribution in [0.5, 0.6) is 0 Å². The number of rotatable bonds is 6. The molecule has 0 saturated heterocycles. The van der Waals surface area contributed by atoms with Gasteiger partial charge in [-0.3, -0.25) is 24.0 Å². The first-order chi connectivity index (χ1) is 12.0. The van der Waals surface area contributed by atoms with Gasteiger partial charge >= 0.3 is 5.97 Å². The Hall–Kier alpha value is -3.55. The number of fused-ring (bicyclic) bond motifs is 2. The molecule has 0 radical (unpaired) electrons. The molecule has 2 aromatic rings. The summed E-state index contributed by atoms with van der Waals surface area (Å²) in [6, 6.07) is 7.38. The molecule has 1 aliphatic carbocycles. The number of benzene rings is 1. The summed E-state index contributed by atoms with van der Waals surface area (Å²) >= 11 is 0. The molecule has 0 atom stereocenters. The van der Waals surface area contributed by atoms with Crippen molar-refractivity contribution in [3.8, 4) is 0 Å². The Bertz CT molecular complexity index is 853. The van der Waals surface area contributed by atoms with E-state index in [1.165, 1.54) is 12.1 Å². The van der Waals surface area contributed by atoms with Crippen LogP contribution in [0.1, 0.15) is 49.0 Å². The van der Waals surface area contributed by atoms with E-state index in [9.17, 15) is 24.0 Å². The first-order valence-electron chi connectivity index (χ1n) is 7.09. The van der Waals surface area contributed by atoms with E-state index in [0.29, 0.717) is 0 Å². The summed E-state index contributed by atoms with van der Waals surface area (Å²) in [5.74, 6) is -3.18. The molecule has 0 unspecified atom stereocenters. The van der Waals surface area contributed by atoms with Gasteiger partial charge in [0.1, 0.15) is 6.42 Å². The van der Waals surface area contributed by atoms with E-state index in [1.54, 1.807) is 12.1 Å². The van der Waals surface area contributed by atoms with Gasteiger partial charge in [-0.25, -0.2) is 0 Å². The predicted octanol–water partition coefficient (Wildman–Crippen LogP) is 1.30. The molecule has 1 aliphatic rings. The van der Waals surface area contributed by atoms with E-state index in [4.69, 9.17) is 4.42 Å². The summed E-state index contributed by atoms with van der Waals surface area (Å²) in [5, 5.41) is 0. The van der Waals surface area contributed by atoms with Crippen LogP contribution in [0, 0.1) is 0 Å². The molecule has 8 nitrogen and oxygen atoms in total. The molecule has 0 aliphatic heterocycles. The van der Waals surface area contributed by atoms with Crippen LogP contribution in [0.3, 0.4) is 0 Å². The number of hydrogen-bond acceptors (Lipinski definition) is 8. The van der Waals surface area contributed by atoms with E-state index >= 15 is 0 Å². The smallest absolute Gasteiger partial charge is 0.316 e. The van der Waals surface area contributed by atoms with Crippen LogP contribution in [0.4, 0.5) is 0 Å². The number of Topliss-reactive ketones (excluding diaryl/α,β-unsaturated/α-hetero) is 1. The van der Waals surface area contributed by atoms with E-state index in [1.807, 2.05) is 0 Å². The van der Waals surface area contributed by atoms with Crippen LogP contribution in [-0.4, -0.2) is 36.6 Å². The Kier molecular flexibility index (Phi) is 4.25. The predicted molar refractivity (Wildman–Crippen MR) is 79.1 cm³/mol. The monoisotopic (exact) mass is 342 g/mol. The number of carbonyl (C=O) groups is 5. The molecule has 25 heavy (non-hydrogen) atoms. The zero-order chi connectivity index (χ0) is 18.0. The summed E-state index contributed by atoms with van der Waals surface area (Å²) in [6.45, 7) is -0.527. The summed E-state index contributed by atoms with van der Waals surface area (Å²) in [6.07, 6.45) is -0.691. The lowest BCUT2D eigenvalue weighted by molar-refractivity contribution is -0.159. The first-order valence-corrected chi connectivity index (χ1v) is 7.09. The van der Waals surface area contributed by atoms with Gasteiger partial charge in [0.05, 0.1) is 5.56 Å². The Labute approximate surface area is 140 Å². The number of ether oxygens (including phenoxy) is 2. The number of esters is 1. The minimum absolute atomic E-state index is 0.0234. The Morgan fingerprint density at radius 3 is 2.40 bits per heavy atom. The summed E-state index contributed by atoms with van der Waals surface area (Å²) < 4.78 is 13.9. The van der Waals surface area contributed by atoms with Crippen LogP contribution >= 0.6 is 0 Å². The highest BCUT2D eigenvalue weighted by atomic mass is 16.7. The van der Waals surface area contributed by atoms with Crippen molar-refractivity contribution in [1.82, 2.24) is 0 Å². The Morgan fingerprint density at radius 1 is 1.04 bits per heavy atom. The van der Waals surface area contributed by atoms with Crippen molar-refractivity contribution in [3.05, 3.63) is 58.5 Å². The van der Waals surface area contributed by atoms with Gasteiger partial charge in [-0.1, -0.05) is 24.3 Å². The highest BCUT2D eigenvalue weighted by molar-refractivity contribution is 6.28. The largest absolute Gasteiger partial charge is 0.449 e. The second-order valence-electron chi connectivity index (χ2n) is 5.05. The van der Waals surface area contributed by atoms with Crippen molar-refractivity contribution in [2.75, 3.05) is 6.79 Å². The minimum Gasteiger partial charge on any atom is -0.449 e. The molecule has 1 heterocycles. The third-order valence-electron chi connectivity index (χ3n) is 3.53. The molecule has 0 saturated carbocycles. The topological polar surface area (TPSA) is 117 Å². The lowest BCUT2D eigenvalue weighted by Gasteiger charge is -2.11. The first kappa shape index (κ1) is 16.3. The fraction of sp³-hybridized carbons (Fsp3) is 0.118. The van der Waals surface area contributed by atoms with Crippen LogP contribution in [0.25, 0.3) is 0 Å². The SMILES string of the molecule is O=COCOC(=O)CC(=O)c1cc2c(o1)C(=O)c1ccccc1C2=O. The number of furan rings is 1. The molecule has 1 aromatic heterocycles. The average Bonchev–Trinajstić information content (AvgIpc) is 3.06. The van der Waals surface area contributed by atoms with Crippen molar-refractivity contribution >= 4 is 29.8 Å². The van der Waals surface area contributed by atoms with Crippen molar-refractivity contribution in [2.45, 2.75) is 6.42 Å². The zero-order valence-corrected chi connectivity index (χ0v) is 12.6. The van der Waals surface area contributed by atoms with Crippen LogP contribution in [0.2, 0.25) is 0 Å². The van der Waals surface area contributed by atoms with E-state index < -0.39 is 36.5 Å².